The number of hydrogen-bond acceptors (Lipinski definition) is 2. The van der Waals surface area contributed by atoms with E-state index in [2.05, 4.69) is 11.3 Å². The quantitative estimate of drug-likeness (QED) is 0.542. The molecule has 0 aliphatic rings. The Morgan fingerprint density at radius 2 is 2.08 bits per heavy atom. The smallest absolute Gasteiger partial charge is 0.136 e. The maximum absolute atomic E-state index is 11.5. The normalized spacial score (nSPS) is 17.1. The molecule has 0 aromatic rings. The minimum atomic E-state index is -0.967. The third kappa shape index (κ3) is 4.80. The Morgan fingerprint density at radius 1 is 1.58 bits per heavy atom. The molecule has 0 saturated heterocycles. The Labute approximate surface area is 78.7 Å². The first-order valence-electron chi connectivity index (χ1n) is 4.17. The maximum Gasteiger partial charge on any atom is 0.136 e. The molecule has 0 radical (unpaired) electrons. The van der Waals surface area contributed by atoms with Crippen LogP contribution in [0.1, 0.15) is 34.1 Å². The van der Waals surface area contributed by atoms with E-state index in [9.17, 15) is 4.55 Å². The summed E-state index contributed by atoms with van der Waals surface area (Å²) in [5.74, 6) is 0. The van der Waals surface area contributed by atoms with E-state index >= 15 is 0 Å². The van der Waals surface area contributed by atoms with Crippen LogP contribution >= 0.6 is 0 Å². The largest absolute Gasteiger partial charge is 0.598 e. The summed E-state index contributed by atoms with van der Waals surface area (Å²) in [6.07, 6.45) is 2.68. The Hall–Kier alpha value is 0.01000. The van der Waals surface area contributed by atoms with Gasteiger partial charge in [-0.15, -0.1) is 11.3 Å². The highest BCUT2D eigenvalue weighted by molar-refractivity contribution is 7.90. The Kier molecular flexibility index (Phi) is 4.90. The molecule has 0 rings (SSSR count). The average Bonchev–Trinajstić information content (AvgIpc) is 1.85. The minimum Gasteiger partial charge on any atom is -0.598 e. The zero-order valence-electron chi connectivity index (χ0n) is 8.39. The Bertz CT molecular complexity index is 142. The third-order valence-corrected chi connectivity index (χ3v) is 3.11. The van der Waals surface area contributed by atoms with Crippen LogP contribution in [-0.2, 0) is 11.4 Å². The van der Waals surface area contributed by atoms with Gasteiger partial charge in [0.15, 0.2) is 0 Å². The molecule has 72 valence electrons. The molecule has 1 N–H and O–H groups in total. The first-order chi connectivity index (χ1) is 5.38. The lowest BCUT2D eigenvalue weighted by Crippen LogP contribution is -2.43. The molecule has 0 saturated carbocycles. The lowest BCUT2D eigenvalue weighted by Gasteiger charge is -2.25. The molecule has 0 aliphatic carbocycles. The monoisotopic (exact) mass is 189 g/mol. The van der Waals surface area contributed by atoms with Crippen molar-refractivity contribution in [2.24, 2.45) is 0 Å². The first-order valence-corrected chi connectivity index (χ1v) is 5.32. The summed E-state index contributed by atoms with van der Waals surface area (Å²) in [7, 11) is 0. The van der Waals surface area contributed by atoms with Crippen LogP contribution in [0.2, 0.25) is 0 Å². The van der Waals surface area contributed by atoms with Crippen molar-refractivity contribution in [3.8, 4) is 0 Å². The fourth-order valence-electron chi connectivity index (χ4n) is 0.658. The molecule has 0 bridgehead atoms. The maximum atomic E-state index is 11.5. The fraction of sp³-hybridized carbons (Fsp3) is 0.778. The predicted octanol–water partition coefficient (Wildman–Crippen LogP) is 2.00. The molecule has 12 heavy (non-hydrogen) atoms. The van der Waals surface area contributed by atoms with Gasteiger partial charge in [0.1, 0.15) is 4.75 Å². The molecular weight excluding hydrogens is 170 g/mol. The fourth-order valence-corrected chi connectivity index (χ4v) is 1.47. The molecule has 0 heterocycles. The van der Waals surface area contributed by atoms with Crippen molar-refractivity contribution in [2.45, 2.75) is 44.9 Å². The summed E-state index contributed by atoms with van der Waals surface area (Å²) < 4.78 is 14.4. The van der Waals surface area contributed by atoms with Crippen molar-refractivity contribution >= 4 is 11.4 Å². The highest BCUT2D eigenvalue weighted by Crippen LogP contribution is 2.14. The number of rotatable bonds is 4. The van der Waals surface area contributed by atoms with Gasteiger partial charge in [-0.05, 0) is 34.1 Å². The summed E-state index contributed by atoms with van der Waals surface area (Å²) in [5, 5.41) is 0. The predicted molar refractivity (Wildman–Crippen MR) is 55.3 cm³/mol. The van der Waals surface area contributed by atoms with Crippen molar-refractivity contribution in [2.75, 3.05) is 0 Å². The van der Waals surface area contributed by atoms with Crippen molar-refractivity contribution in [3.63, 3.8) is 0 Å². The van der Waals surface area contributed by atoms with Crippen LogP contribution in [0, 0.1) is 0 Å². The molecule has 2 atom stereocenters. The van der Waals surface area contributed by atoms with Gasteiger partial charge in [0.25, 0.3) is 0 Å². The highest BCUT2D eigenvalue weighted by atomic mass is 32.2. The van der Waals surface area contributed by atoms with Crippen LogP contribution in [0.15, 0.2) is 12.7 Å². The van der Waals surface area contributed by atoms with E-state index in [1.807, 2.05) is 33.8 Å². The van der Waals surface area contributed by atoms with E-state index in [-0.39, 0.29) is 10.8 Å². The molecule has 0 aromatic heterocycles. The zero-order valence-corrected chi connectivity index (χ0v) is 9.20. The summed E-state index contributed by atoms with van der Waals surface area (Å²) in [6.45, 7) is 11.5. The van der Waals surface area contributed by atoms with E-state index in [1.54, 1.807) is 0 Å². The molecule has 0 amide bonds. The van der Waals surface area contributed by atoms with Crippen molar-refractivity contribution < 1.29 is 4.55 Å². The van der Waals surface area contributed by atoms with Gasteiger partial charge in [0.05, 0.1) is 6.04 Å². The summed E-state index contributed by atoms with van der Waals surface area (Å²) in [4.78, 5) is 0. The second kappa shape index (κ2) is 4.90. The van der Waals surface area contributed by atoms with Gasteiger partial charge in [0.2, 0.25) is 0 Å². The first kappa shape index (κ1) is 12.0. The van der Waals surface area contributed by atoms with E-state index in [0.29, 0.717) is 0 Å². The summed E-state index contributed by atoms with van der Waals surface area (Å²) >= 11 is -0.967. The number of nitrogens with one attached hydrogen (secondary N) is 1. The van der Waals surface area contributed by atoms with Crippen molar-refractivity contribution in [1.29, 1.82) is 0 Å². The van der Waals surface area contributed by atoms with E-state index in [4.69, 9.17) is 0 Å². The van der Waals surface area contributed by atoms with Gasteiger partial charge in [-0.1, -0.05) is 6.08 Å². The van der Waals surface area contributed by atoms with Gasteiger partial charge in [0, 0.05) is 11.4 Å². The number of hydrogen-bond donors (Lipinski definition) is 1. The van der Waals surface area contributed by atoms with Gasteiger partial charge in [-0.25, -0.2) is 0 Å². The van der Waals surface area contributed by atoms with Crippen LogP contribution in [-0.4, -0.2) is 15.3 Å². The third-order valence-electron chi connectivity index (χ3n) is 1.38. The molecule has 0 fully saturated rings. The van der Waals surface area contributed by atoms with Crippen LogP contribution < -0.4 is 4.72 Å². The van der Waals surface area contributed by atoms with Crippen LogP contribution in [0.3, 0.4) is 0 Å². The van der Waals surface area contributed by atoms with Crippen LogP contribution in [0.5, 0.6) is 0 Å². The van der Waals surface area contributed by atoms with E-state index in [1.165, 1.54) is 0 Å². The highest BCUT2D eigenvalue weighted by Gasteiger charge is 2.27. The zero-order chi connectivity index (χ0) is 9.78. The SMILES string of the molecule is C=CC[C@@H](C)N[S+]([O-])C(C)(C)C. The van der Waals surface area contributed by atoms with Crippen LogP contribution in [0.4, 0.5) is 0 Å². The standard InChI is InChI=1S/C9H19NOS/c1-6-7-8(2)10-12(11)9(3,4)5/h6,8,10H,1,7H2,2-5H3/t8-,12?/m1/s1. The summed E-state index contributed by atoms with van der Waals surface area (Å²) in [6, 6.07) is 0.238. The van der Waals surface area contributed by atoms with E-state index in [0.717, 1.165) is 6.42 Å². The second-order valence-electron chi connectivity index (χ2n) is 3.92. The van der Waals surface area contributed by atoms with Crippen molar-refractivity contribution in [3.05, 3.63) is 12.7 Å². The molecule has 0 spiro atoms. The van der Waals surface area contributed by atoms with E-state index < -0.39 is 11.4 Å². The molecule has 0 aromatic carbocycles. The topological polar surface area (TPSA) is 35.1 Å². The second-order valence-corrected chi connectivity index (χ2v) is 5.92. The molecule has 1 unspecified atom stereocenters. The van der Waals surface area contributed by atoms with Crippen LogP contribution in [0.25, 0.3) is 0 Å². The van der Waals surface area contributed by atoms with Gasteiger partial charge >= 0.3 is 0 Å². The van der Waals surface area contributed by atoms with Crippen molar-refractivity contribution in [1.82, 2.24) is 4.72 Å². The van der Waals surface area contributed by atoms with Gasteiger partial charge in [-0.2, -0.15) is 0 Å². The van der Waals surface area contributed by atoms with Gasteiger partial charge < -0.3 is 4.55 Å². The minimum absolute atomic E-state index is 0.185. The Morgan fingerprint density at radius 3 is 2.42 bits per heavy atom. The molecule has 0 aliphatic heterocycles. The lowest BCUT2D eigenvalue weighted by molar-refractivity contribution is 0.528. The van der Waals surface area contributed by atoms with Gasteiger partial charge in [-0.3, -0.25) is 0 Å². The molecule has 2 nitrogen and oxygen atoms in total. The molecular formula is C9H19NOS. The summed E-state index contributed by atoms with van der Waals surface area (Å²) in [5.41, 5.74) is 0. The lowest BCUT2D eigenvalue weighted by atomic mass is 10.2. The Balaban J connectivity index is 3.83. The molecule has 3 heteroatoms. The average molecular weight is 189 g/mol.